The summed E-state index contributed by atoms with van der Waals surface area (Å²) < 4.78 is 3.73. The molecule has 0 unspecified atom stereocenters. The van der Waals surface area contributed by atoms with E-state index in [0.29, 0.717) is 5.75 Å². The van der Waals surface area contributed by atoms with Gasteiger partial charge in [0.1, 0.15) is 0 Å². The molecule has 2 heterocycles. The minimum Gasteiger partial charge on any atom is -0.315 e. The lowest BCUT2D eigenvalue weighted by Crippen LogP contribution is -2.20. The largest absolute Gasteiger partial charge is 0.315 e. The Morgan fingerprint density at radius 1 is 1.29 bits per heavy atom. The second kappa shape index (κ2) is 7.77. The minimum atomic E-state index is 0.703. The van der Waals surface area contributed by atoms with E-state index in [2.05, 4.69) is 39.8 Å². The summed E-state index contributed by atoms with van der Waals surface area (Å²) in [7, 11) is 0. The van der Waals surface area contributed by atoms with Crippen LogP contribution in [0.1, 0.15) is 25.2 Å². The van der Waals surface area contributed by atoms with E-state index in [0.717, 1.165) is 47.7 Å². The Morgan fingerprint density at radius 3 is 2.81 bits per heavy atom. The molecule has 0 aliphatic rings. The first kappa shape index (κ1) is 16.3. The quantitative estimate of drug-likeness (QED) is 0.587. The fraction of sp³-hybridized carbons (Fsp3) is 0.667. The molecule has 21 heavy (non-hydrogen) atoms. The molecule has 0 aromatic carbocycles. The number of likely N-dealkylation sites (N-methyl/N-ethyl adjacent to an activating group) is 1. The first-order valence-corrected chi connectivity index (χ1v) is 8.35. The zero-order valence-electron chi connectivity index (χ0n) is 12.5. The van der Waals surface area contributed by atoms with Crippen LogP contribution >= 0.6 is 23.4 Å². The van der Waals surface area contributed by atoms with Crippen molar-refractivity contribution in [1.82, 2.24) is 35.3 Å². The molecule has 0 aliphatic heterocycles. The second-order valence-corrected chi connectivity index (χ2v) is 5.81. The molecule has 0 radical (unpaired) electrons. The standard InChI is InChI=1S/C12H20ClN7S/c1-4-14-6-7-20-12(15-17-18-20)21-8-10-11(13)9(3)16-19(10)5-2/h14H,4-8H2,1-3H3. The summed E-state index contributed by atoms with van der Waals surface area (Å²) in [6.07, 6.45) is 0. The van der Waals surface area contributed by atoms with Gasteiger partial charge in [-0.2, -0.15) is 5.10 Å². The van der Waals surface area contributed by atoms with Crippen LogP contribution in [0.2, 0.25) is 5.02 Å². The molecule has 0 saturated heterocycles. The van der Waals surface area contributed by atoms with Gasteiger partial charge >= 0.3 is 0 Å². The van der Waals surface area contributed by atoms with Crippen LogP contribution < -0.4 is 5.32 Å². The highest BCUT2D eigenvalue weighted by molar-refractivity contribution is 7.98. The van der Waals surface area contributed by atoms with Gasteiger partial charge in [-0.1, -0.05) is 30.3 Å². The lowest BCUT2D eigenvalue weighted by Gasteiger charge is -2.06. The third kappa shape index (κ3) is 3.96. The molecule has 0 amide bonds. The molecule has 0 spiro atoms. The van der Waals surface area contributed by atoms with Crippen molar-refractivity contribution in [2.24, 2.45) is 0 Å². The molecular formula is C12H20ClN7S. The molecule has 2 aromatic heterocycles. The number of thioether (sulfide) groups is 1. The van der Waals surface area contributed by atoms with Crippen molar-refractivity contribution in [3.8, 4) is 0 Å². The van der Waals surface area contributed by atoms with Crippen molar-refractivity contribution in [2.75, 3.05) is 13.1 Å². The monoisotopic (exact) mass is 329 g/mol. The average Bonchev–Trinajstić information content (AvgIpc) is 3.03. The van der Waals surface area contributed by atoms with E-state index in [1.54, 1.807) is 16.4 Å². The Kier molecular flexibility index (Phi) is 6.01. The highest BCUT2D eigenvalue weighted by Crippen LogP contribution is 2.27. The second-order valence-electron chi connectivity index (χ2n) is 4.49. The van der Waals surface area contributed by atoms with Gasteiger partial charge in [0, 0.05) is 18.8 Å². The maximum atomic E-state index is 6.31. The molecule has 116 valence electrons. The van der Waals surface area contributed by atoms with Gasteiger partial charge in [-0.25, -0.2) is 4.68 Å². The maximum absolute atomic E-state index is 6.31. The maximum Gasteiger partial charge on any atom is 0.209 e. The first-order chi connectivity index (χ1) is 10.2. The first-order valence-electron chi connectivity index (χ1n) is 6.98. The molecule has 0 aliphatic carbocycles. The summed E-state index contributed by atoms with van der Waals surface area (Å²) in [5.74, 6) is 0.703. The molecule has 0 saturated carbocycles. The molecule has 2 rings (SSSR count). The van der Waals surface area contributed by atoms with Crippen LogP contribution in [0.4, 0.5) is 0 Å². The fourth-order valence-corrected chi connectivity index (χ4v) is 3.15. The highest BCUT2D eigenvalue weighted by atomic mass is 35.5. The lowest BCUT2D eigenvalue weighted by molar-refractivity contribution is 0.517. The summed E-state index contributed by atoms with van der Waals surface area (Å²) in [6, 6.07) is 0. The van der Waals surface area contributed by atoms with Crippen molar-refractivity contribution >= 4 is 23.4 Å². The number of aryl methyl sites for hydroxylation is 2. The summed E-state index contributed by atoms with van der Waals surface area (Å²) in [5, 5.41) is 21.0. The highest BCUT2D eigenvalue weighted by Gasteiger charge is 2.15. The van der Waals surface area contributed by atoms with Gasteiger partial charge in [0.15, 0.2) is 0 Å². The zero-order chi connectivity index (χ0) is 15.2. The molecule has 9 heteroatoms. The smallest absolute Gasteiger partial charge is 0.209 e. The number of hydrogen-bond donors (Lipinski definition) is 1. The topological polar surface area (TPSA) is 73.5 Å². The van der Waals surface area contributed by atoms with Crippen LogP contribution in [0.5, 0.6) is 0 Å². The molecule has 0 bridgehead atoms. The van der Waals surface area contributed by atoms with Crippen molar-refractivity contribution in [1.29, 1.82) is 0 Å². The predicted molar refractivity (Wildman–Crippen MR) is 83.6 cm³/mol. The third-order valence-corrected chi connectivity index (χ3v) is 4.50. The van der Waals surface area contributed by atoms with Gasteiger partial charge in [-0.3, -0.25) is 4.68 Å². The van der Waals surface area contributed by atoms with Crippen molar-refractivity contribution in [3.63, 3.8) is 0 Å². The van der Waals surface area contributed by atoms with Crippen LogP contribution in [0.25, 0.3) is 0 Å². The lowest BCUT2D eigenvalue weighted by atomic mass is 10.4. The molecule has 7 nitrogen and oxygen atoms in total. The number of hydrogen-bond acceptors (Lipinski definition) is 6. The number of nitrogens with zero attached hydrogens (tertiary/aromatic N) is 6. The van der Waals surface area contributed by atoms with Crippen LogP contribution in [-0.4, -0.2) is 43.1 Å². The Hall–Kier alpha value is -1.12. The number of rotatable bonds is 8. The summed E-state index contributed by atoms with van der Waals surface area (Å²) in [5.41, 5.74) is 1.88. The number of nitrogens with one attached hydrogen (secondary N) is 1. The predicted octanol–water partition coefficient (Wildman–Crippen LogP) is 1.75. The van der Waals surface area contributed by atoms with E-state index < -0.39 is 0 Å². The van der Waals surface area contributed by atoms with E-state index in [1.165, 1.54) is 0 Å². The van der Waals surface area contributed by atoms with Crippen LogP contribution in [-0.2, 0) is 18.8 Å². The Morgan fingerprint density at radius 2 is 2.10 bits per heavy atom. The van der Waals surface area contributed by atoms with Gasteiger partial charge in [0.2, 0.25) is 5.16 Å². The van der Waals surface area contributed by atoms with Gasteiger partial charge in [-0.15, -0.1) is 5.10 Å². The number of halogens is 1. The third-order valence-electron chi connectivity index (χ3n) is 3.04. The van der Waals surface area contributed by atoms with Crippen molar-refractivity contribution in [2.45, 2.75) is 44.8 Å². The SMILES string of the molecule is CCNCCn1nnnc1SCc1c(Cl)c(C)nn1CC. The zero-order valence-corrected chi connectivity index (χ0v) is 14.1. The molecule has 1 N–H and O–H groups in total. The van der Waals surface area contributed by atoms with Crippen molar-refractivity contribution in [3.05, 3.63) is 16.4 Å². The fourth-order valence-electron chi connectivity index (χ4n) is 1.94. The molecule has 0 atom stereocenters. The van der Waals surface area contributed by atoms with E-state index in [4.69, 9.17) is 11.6 Å². The van der Waals surface area contributed by atoms with Crippen LogP contribution in [0, 0.1) is 6.92 Å². The van der Waals surface area contributed by atoms with Gasteiger partial charge in [0.25, 0.3) is 0 Å². The van der Waals surface area contributed by atoms with Gasteiger partial charge < -0.3 is 5.32 Å². The Balaban J connectivity index is 2.02. The van der Waals surface area contributed by atoms with Crippen LogP contribution in [0.3, 0.4) is 0 Å². The van der Waals surface area contributed by atoms with E-state index in [1.807, 2.05) is 11.6 Å². The summed E-state index contributed by atoms with van der Waals surface area (Å²) >= 11 is 7.89. The van der Waals surface area contributed by atoms with E-state index >= 15 is 0 Å². The van der Waals surface area contributed by atoms with E-state index in [-0.39, 0.29) is 0 Å². The molecule has 2 aromatic rings. The molecular weight excluding hydrogens is 310 g/mol. The number of aromatic nitrogens is 6. The summed E-state index contributed by atoms with van der Waals surface area (Å²) in [6.45, 7) is 9.39. The van der Waals surface area contributed by atoms with Gasteiger partial charge in [0.05, 0.1) is 23.0 Å². The average molecular weight is 330 g/mol. The normalized spacial score (nSPS) is 11.2. The molecule has 0 fully saturated rings. The Labute approximate surface area is 133 Å². The Bertz CT molecular complexity index is 580. The summed E-state index contributed by atoms with van der Waals surface area (Å²) in [4.78, 5) is 0. The van der Waals surface area contributed by atoms with E-state index in [9.17, 15) is 0 Å². The van der Waals surface area contributed by atoms with Crippen molar-refractivity contribution < 1.29 is 0 Å². The van der Waals surface area contributed by atoms with Crippen LogP contribution in [0.15, 0.2) is 5.16 Å². The number of tetrazole rings is 1. The minimum absolute atomic E-state index is 0.703. The van der Waals surface area contributed by atoms with Gasteiger partial charge in [-0.05, 0) is 30.8 Å².